The van der Waals surface area contributed by atoms with Gasteiger partial charge in [0.2, 0.25) is 5.91 Å². The maximum Gasteiger partial charge on any atom is 0.222 e. The van der Waals surface area contributed by atoms with E-state index in [1.807, 2.05) is 18.5 Å². The van der Waals surface area contributed by atoms with Gasteiger partial charge < -0.3 is 10.6 Å². The van der Waals surface area contributed by atoms with Crippen LogP contribution in [0.25, 0.3) is 0 Å². The number of rotatable bonds is 8. The lowest BCUT2D eigenvalue weighted by Crippen LogP contribution is -2.41. The Bertz CT molecular complexity index is 499. The van der Waals surface area contributed by atoms with Gasteiger partial charge in [-0.1, -0.05) is 12.8 Å². The van der Waals surface area contributed by atoms with Gasteiger partial charge in [-0.25, -0.2) is 9.67 Å². The molecule has 1 aliphatic heterocycles. The van der Waals surface area contributed by atoms with E-state index in [0.29, 0.717) is 18.2 Å². The Labute approximate surface area is 139 Å². The molecule has 0 radical (unpaired) electrons. The Hall–Kier alpha value is -1.43. The maximum absolute atomic E-state index is 12.4. The van der Waals surface area contributed by atoms with E-state index in [9.17, 15) is 4.79 Å². The van der Waals surface area contributed by atoms with Gasteiger partial charge in [0.05, 0.1) is 0 Å². The first-order valence-electron chi connectivity index (χ1n) is 8.96. The first-order valence-corrected chi connectivity index (χ1v) is 8.96. The van der Waals surface area contributed by atoms with E-state index in [2.05, 4.69) is 15.0 Å². The summed E-state index contributed by atoms with van der Waals surface area (Å²) in [7, 11) is 0. The molecule has 1 atom stereocenters. The summed E-state index contributed by atoms with van der Waals surface area (Å²) in [6, 6.07) is 0. The molecule has 0 saturated carbocycles. The fourth-order valence-electron chi connectivity index (χ4n) is 3.35. The predicted octanol–water partition coefficient (Wildman–Crippen LogP) is 2.04. The molecule has 2 rings (SSSR count). The Morgan fingerprint density at radius 3 is 2.74 bits per heavy atom. The summed E-state index contributed by atoms with van der Waals surface area (Å²) >= 11 is 0. The van der Waals surface area contributed by atoms with Gasteiger partial charge in [0.15, 0.2) is 0 Å². The number of aryl methyl sites for hydroxylation is 2. The molecule has 6 nitrogen and oxygen atoms in total. The van der Waals surface area contributed by atoms with Crippen molar-refractivity contribution in [3.63, 3.8) is 0 Å². The van der Waals surface area contributed by atoms with Crippen molar-refractivity contribution in [2.75, 3.05) is 19.6 Å². The molecule has 0 bridgehead atoms. The van der Waals surface area contributed by atoms with Crippen molar-refractivity contribution >= 4 is 5.91 Å². The lowest BCUT2D eigenvalue weighted by atomic mass is 9.97. The van der Waals surface area contributed by atoms with Crippen LogP contribution in [0.4, 0.5) is 0 Å². The first kappa shape index (κ1) is 17.9. The van der Waals surface area contributed by atoms with Gasteiger partial charge in [-0.15, -0.1) is 0 Å². The summed E-state index contributed by atoms with van der Waals surface area (Å²) < 4.78 is 1.99. The number of nitrogens with two attached hydrogens (primary N) is 1. The van der Waals surface area contributed by atoms with Gasteiger partial charge in [-0.05, 0) is 52.0 Å². The van der Waals surface area contributed by atoms with E-state index >= 15 is 0 Å². The smallest absolute Gasteiger partial charge is 0.222 e. The minimum Gasteiger partial charge on any atom is -0.342 e. The highest BCUT2D eigenvalue weighted by Crippen LogP contribution is 2.20. The highest BCUT2D eigenvalue weighted by Gasteiger charge is 2.24. The van der Waals surface area contributed by atoms with E-state index in [0.717, 1.165) is 69.9 Å². The number of likely N-dealkylation sites (tertiary alicyclic amines) is 1. The van der Waals surface area contributed by atoms with Gasteiger partial charge >= 0.3 is 0 Å². The molecule has 1 aromatic heterocycles. The number of amides is 1. The van der Waals surface area contributed by atoms with Crippen molar-refractivity contribution < 1.29 is 4.79 Å². The zero-order chi connectivity index (χ0) is 16.7. The van der Waals surface area contributed by atoms with Gasteiger partial charge in [-0.3, -0.25) is 4.79 Å². The van der Waals surface area contributed by atoms with Crippen LogP contribution in [0.15, 0.2) is 0 Å². The highest BCUT2D eigenvalue weighted by molar-refractivity contribution is 5.76. The molecular weight excluding hydrogens is 290 g/mol. The minimum atomic E-state index is 0.314. The predicted molar refractivity (Wildman–Crippen MR) is 90.9 cm³/mol. The van der Waals surface area contributed by atoms with Crippen LogP contribution in [0.1, 0.15) is 56.6 Å². The van der Waals surface area contributed by atoms with Crippen molar-refractivity contribution in [1.29, 1.82) is 0 Å². The molecule has 1 unspecified atom stereocenters. The van der Waals surface area contributed by atoms with Crippen LogP contribution in [-0.4, -0.2) is 45.2 Å². The molecule has 23 heavy (non-hydrogen) atoms. The molecule has 1 fully saturated rings. The number of carbonyl (C=O) groups is 1. The molecule has 1 aromatic rings. The summed E-state index contributed by atoms with van der Waals surface area (Å²) in [5.74, 6) is 2.59. The number of hydrogen-bond donors (Lipinski definition) is 1. The van der Waals surface area contributed by atoms with Crippen molar-refractivity contribution in [2.45, 2.75) is 65.3 Å². The summed E-state index contributed by atoms with van der Waals surface area (Å²) in [6.45, 7) is 7.31. The second-order valence-electron chi connectivity index (χ2n) is 6.69. The Morgan fingerprint density at radius 2 is 2.04 bits per heavy atom. The maximum atomic E-state index is 12.4. The molecule has 0 spiro atoms. The van der Waals surface area contributed by atoms with Crippen LogP contribution in [0, 0.1) is 19.8 Å². The molecule has 0 aliphatic carbocycles. The third-order valence-corrected chi connectivity index (χ3v) is 4.61. The molecule has 130 valence electrons. The number of aromatic nitrogens is 3. The average Bonchev–Trinajstić information content (AvgIpc) is 2.85. The second kappa shape index (κ2) is 9.01. The van der Waals surface area contributed by atoms with Crippen LogP contribution >= 0.6 is 0 Å². The number of carbonyl (C=O) groups excluding carboxylic acids is 1. The monoisotopic (exact) mass is 321 g/mol. The summed E-state index contributed by atoms with van der Waals surface area (Å²) in [4.78, 5) is 18.8. The SMILES string of the molecule is Cc1nc(C)n(CC2CCCN(C(=O)CCCCCCN)C2)n1. The number of hydrogen-bond acceptors (Lipinski definition) is 4. The molecule has 1 amide bonds. The summed E-state index contributed by atoms with van der Waals surface area (Å²) in [5.41, 5.74) is 5.49. The number of unbranched alkanes of at least 4 members (excludes halogenated alkanes) is 3. The molecule has 0 aromatic carbocycles. The van der Waals surface area contributed by atoms with Crippen LogP contribution in [-0.2, 0) is 11.3 Å². The molecular formula is C17H31N5O. The van der Waals surface area contributed by atoms with E-state index in [4.69, 9.17) is 5.73 Å². The van der Waals surface area contributed by atoms with Gasteiger partial charge in [0.25, 0.3) is 0 Å². The van der Waals surface area contributed by atoms with Crippen LogP contribution < -0.4 is 5.73 Å². The molecule has 2 heterocycles. The largest absolute Gasteiger partial charge is 0.342 e. The highest BCUT2D eigenvalue weighted by atomic mass is 16.2. The van der Waals surface area contributed by atoms with Crippen LogP contribution in [0.2, 0.25) is 0 Å². The normalized spacial score (nSPS) is 18.4. The van der Waals surface area contributed by atoms with Crippen LogP contribution in [0.3, 0.4) is 0 Å². The molecule has 2 N–H and O–H groups in total. The zero-order valence-corrected chi connectivity index (χ0v) is 14.6. The lowest BCUT2D eigenvalue weighted by molar-refractivity contribution is -0.133. The van der Waals surface area contributed by atoms with E-state index in [-0.39, 0.29) is 0 Å². The minimum absolute atomic E-state index is 0.314. The van der Waals surface area contributed by atoms with Crippen molar-refractivity contribution in [3.8, 4) is 0 Å². The number of piperidine rings is 1. The van der Waals surface area contributed by atoms with E-state index < -0.39 is 0 Å². The fraction of sp³-hybridized carbons (Fsp3) is 0.824. The topological polar surface area (TPSA) is 77.0 Å². The fourth-order valence-corrected chi connectivity index (χ4v) is 3.35. The first-order chi connectivity index (χ1) is 11.1. The lowest BCUT2D eigenvalue weighted by Gasteiger charge is -2.33. The van der Waals surface area contributed by atoms with Crippen molar-refractivity contribution in [3.05, 3.63) is 11.6 Å². The van der Waals surface area contributed by atoms with Crippen molar-refractivity contribution in [2.24, 2.45) is 11.7 Å². The van der Waals surface area contributed by atoms with Crippen molar-refractivity contribution in [1.82, 2.24) is 19.7 Å². The molecule has 1 aliphatic rings. The average molecular weight is 321 g/mol. The Balaban J connectivity index is 1.76. The molecule has 1 saturated heterocycles. The molecule has 6 heteroatoms. The van der Waals surface area contributed by atoms with E-state index in [1.165, 1.54) is 6.42 Å². The second-order valence-corrected chi connectivity index (χ2v) is 6.69. The third-order valence-electron chi connectivity index (χ3n) is 4.61. The zero-order valence-electron chi connectivity index (χ0n) is 14.6. The Kier molecular flexibility index (Phi) is 7.02. The van der Waals surface area contributed by atoms with Gasteiger partial charge in [0.1, 0.15) is 11.6 Å². The quantitative estimate of drug-likeness (QED) is 0.743. The third kappa shape index (κ3) is 5.61. The number of nitrogens with zero attached hydrogens (tertiary/aromatic N) is 4. The van der Waals surface area contributed by atoms with Crippen LogP contribution in [0.5, 0.6) is 0 Å². The standard InChI is InChI=1S/C17H31N5O/c1-14-19-15(2)22(20-14)13-16-8-7-11-21(12-16)17(23)9-5-3-4-6-10-18/h16H,3-13,18H2,1-2H3. The van der Waals surface area contributed by atoms with E-state index in [1.54, 1.807) is 0 Å². The van der Waals surface area contributed by atoms with Gasteiger partial charge in [-0.2, -0.15) is 5.10 Å². The van der Waals surface area contributed by atoms with Gasteiger partial charge in [0, 0.05) is 26.1 Å². The Morgan fingerprint density at radius 1 is 1.26 bits per heavy atom. The summed E-state index contributed by atoms with van der Waals surface area (Å²) in [5, 5.41) is 4.44. The summed E-state index contributed by atoms with van der Waals surface area (Å²) in [6.07, 6.45) is 7.24.